The summed E-state index contributed by atoms with van der Waals surface area (Å²) < 4.78 is 10.8. The number of piperidine rings is 1. The highest BCUT2D eigenvalue weighted by Gasteiger charge is 2.29. The van der Waals surface area contributed by atoms with Gasteiger partial charge >= 0.3 is 0 Å². The van der Waals surface area contributed by atoms with Gasteiger partial charge in [-0.25, -0.2) is 0 Å². The number of hydrogen-bond donors (Lipinski definition) is 1. The minimum Gasteiger partial charge on any atom is -0.493 e. The molecule has 0 unspecified atom stereocenters. The normalized spacial score (nSPS) is 20.9. The number of hydrogen-bond acceptors (Lipinski definition) is 4. The van der Waals surface area contributed by atoms with Crippen LogP contribution in [0.4, 0.5) is 0 Å². The quantitative estimate of drug-likeness (QED) is 0.899. The third-order valence-corrected chi connectivity index (χ3v) is 4.29. The number of primary amides is 1. The first-order valence-electron chi connectivity index (χ1n) is 7.86. The summed E-state index contributed by atoms with van der Waals surface area (Å²) in [5, 5.41) is 0. The third-order valence-electron chi connectivity index (χ3n) is 4.29. The van der Waals surface area contributed by atoms with E-state index < -0.39 is 5.91 Å². The second kappa shape index (κ2) is 7.35. The van der Waals surface area contributed by atoms with Crippen LogP contribution in [0.2, 0.25) is 0 Å². The molecular formula is C17H24N2O4. The van der Waals surface area contributed by atoms with Gasteiger partial charge in [0.25, 0.3) is 11.8 Å². The molecule has 6 heteroatoms. The molecule has 2 atom stereocenters. The first-order valence-corrected chi connectivity index (χ1v) is 7.86. The van der Waals surface area contributed by atoms with E-state index >= 15 is 0 Å². The van der Waals surface area contributed by atoms with E-state index in [1.807, 2.05) is 18.7 Å². The van der Waals surface area contributed by atoms with Crippen molar-refractivity contribution in [1.82, 2.24) is 4.90 Å². The van der Waals surface area contributed by atoms with Crippen LogP contribution in [0.3, 0.4) is 0 Å². The van der Waals surface area contributed by atoms with Crippen LogP contribution in [0.25, 0.3) is 0 Å². The summed E-state index contributed by atoms with van der Waals surface area (Å²) in [6, 6.07) is 5.27. The Morgan fingerprint density at radius 3 is 2.48 bits per heavy atom. The summed E-state index contributed by atoms with van der Waals surface area (Å²) in [6.45, 7) is 3.95. The fourth-order valence-corrected chi connectivity index (χ4v) is 3.14. The van der Waals surface area contributed by atoms with Gasteiger partial charge in [0, 0.05) is 12.1 Å². The molecule has 1 aromatic carbocycles. The Labute approximate surface area is 136 Å². The molecule has 2 amide bonds. The molecule has 1 fully saturated rings. The average Bonchev–Trinajstić information content (AvgIpc) is 2.52. The first-order chi connectivity index (χ1) is 11.0. The van der Waals surface area contributed by atoms with Crippen molar-refractivity contribution in [3.63, 3.8) is 0 Å². The lowest BCUT2D eigenvalue weighted by Crippen LogP contribution is -2.49. The lowest BCUT2D eigenvalue weighted by Gasteiger charge is -2.39. The van der Waals surface area contributed by atoms with E-state index in [4.69, 9.17) is 15.2 Å². The lowest BCUT2D eigenvalue weighted by atomic mass is 9.97. The standard InChI is InChI=1S/C17H24N2O4/c1-11-6-4-7-12(2)19(11)15(20)10-23-16-13(17(18)21)8-5-9-14(16)22-3/h5,8-9,11-12H,4,6-7,10H2,1-3H3,(H2,18,21)/t11-,12-/m1/s1. The molecule has 1 aromatic rings. The average molecular weight is 320 g/mol. The van der Waals surface area contributed by atoms with Gasteiger partial charge < -0.3 is 20.1 Å². The monoisotopic (exact) mass is 320 g/mol. The zero-order chi connectivity index (χ0) is 17.0. The maximum Gasteiger partial charge on any atom is 0.260 e. The van der Waals surface area contributed by atoms with E-state index in [9.17, 15) is 9.59 Å². The number of ether oxygens (including phenoxy) is 2. The van der Waals surface area contributed by atoms with E-state index in [2.05, 4.69) is 0 Å². The number of amides is 2. The van der Waals surface area contributed by atoms with Gasteiger partial charge in [0.1, 0.15) is 0 Å². The van der Waals surface area contributed by atoms with Crippen LogP contribution in [0.1, 0.15) is 43.5 Å². The van der Waals surface area contributed by atoms with Crippen LogP contribution in [0.15, 0.2) is 18.2 Å². The van der Waals surface area contributed by atoms with Gasteiger partial charge in [-0.1, -0.05) is 6.07 Å². The topological polar surface area (TPSA) is 81.9 Å². The van der Waals surface area contributed by atoms with Crippen molar-refractivity contribution in [2.75, 3.05) is 13.7 Å². The molecule has 2 N–H and O–H groups in total. The van der Waals surface area contributed by atoms with Crippen molar-refractivity contribution in [3.05, 3.63) is 23.8 Å². The summed E-state index contributed by atoms with van der Waals surface area (Å²) in [4.78, 5) is 25.9. The molecule has 0 radical (unpaired) electrons. The molecule has 2 rings (SSSR count). The summed E-state index contributed by atoms with van der Waals surface area (Å²) in [5.74, 6) is -0.112. The number of para-hydroxylation sites is 1. The molecular weight excluding hydrogens is 296 g/mol. The lowest BCUT2D eigenvalue weighted by molar-refractivity contribution is -0.139. The molecule has 1 aliphatic heterocycles. The number of methoxy groups -OCH3 is 1. The molecule has 1 aliphatic rings. The Kier molecular flexibility index (Phi) is 5.47. The van der Waals surface area contributed by atoms with Crippen molar-refractivity contribution >= 4 is 11.8 Å². The zero-order valence-corrected chi connectivity index (χ0v) is 13.9. The fraction of sp³-hybridized carbons (Fsp3) is 0.529. The van der Waals surface area contributed by atoms with E-state index in [0.717, 1.165) is 19.3 Å². The minimum absolute atomic E-state index is 0.0916. The van der Waals surface area contributed by atoms with Crippen LogP contribution in [-0.4, -0.2) is 42.5 Å². The van der Waals surface area contributed by atoms with Gasteiger partial charge in [-0.15, -0.1) is 0 Å². The van der Waals surface area contributed by atoms with Crippen LogP contribution < -0.4 is 15.2 Å². The number of nitrogens with two attached hydrogens (primary N) is 1. The van der Waals surface area contributed by atoms with Gasteiger partial charge in [-0.05, 0) is 45.2 Å². The summed E-state index contributed by atoms with van der Waals surface area (Å²) in [7, 11) is 1.48. The maximum absolute atomic E-state index is 12.5. The molecule has 1 heterocycles. The second-order valence-electron chi connectivity index (χ2n) is 5.92. The predicted molar refractivity (Wildman–Crippen MR) is 86.6 cm³/mol. The van der Waals surface area contributed by atoms with Crippen LogP contribution >= 0.6 is 0 Å². The molecule has 23 heavy (non-hydrogen) atoms. The number of carbonyl (C=O) groups is 2. The highest BCUT2D eigenvalue weighted by molar-refractivity contribution is 5.96. The molecule has 0 bridgehead atoms. The zero-order valence-electron chi connectivity index (χ0n) is 13.9. The Bertz CT molecular complexity index is 578. The van der Waals surface area contributed by atoms with Crippen LogP contribution in [-0.2, 0) is 4.79 Å². The maximum atomic E-state index is 12.5. The number of carbonyl (C=O) groups excluding carboxylic acids is 2. The second-order valence-corrected chi connectivity index (χ2v) is 5.92. The molecule has 1 saturated heterocycles. The fourth-order valence-electron chi connectivity index (χ4n) is 3.14. The number of rotatable bonds is 5. The SMILES string of the molecule is COc1cccc(C(N)=O)c1OCC(=O)N1[C@H](C)CCC[C@H]1C. The summed E-state index contributed by atoms with van der Waals surface area (Å²) in [5.41, 5.74) is 5.57. The third kappa shape index (κ3) is 3.75. The van der Waals surface area contributed by atoms with E-state index in [0.29, 0.717) is 5.75 Å². The smallest absolute Gasteiger partial charge is 0.260 e. The molecule has 0 spiro atoms. The molecule has 6 nitrogen and oxygen atoms in total. The van der Waals surface area contributed by atoms with Gasteiger partial charge in [-0.2, -0.15) is 0 Å². The largest absolute Gasteiger partial charge is 0.493 e. The van der Waals surface area contributed by atoms with E-state index in [1.165, 1.54) is 7.11 Å². The predicted octanol–water partition coefficient (Wildman–Crippen LogP) is 1.96. The van der Waals surface area contributed by atoms with Gasteiger partial charge in [0.2, 0.25) is 0 Å². The molecule has 126 valence electrons. The van der Waals surface area contributed by atoms with Crippen molar-refractivity contribution in [1.29, 1.82) is 0 Å². The number of likely N-dealkylation sites (tertiary alicyclic amines) is 1. The van der Waals surface area contributed by atoms with Crippen molar-refractivity contribution in [2.24, 2.45) is 5.73 Å². The Morgan fingerprint density at radius 2 is 1.91 bits per heavy atom. The van der Waals surface area contributed by atoms with Gasteiger partial charge in [0.05, 0.1) is 12.7 Å². The Balaban J connectivity index is 2.14. The van der Waals surface area contributed by atoms with Crippen molar-refractivity contribution in [3.8, 4) is 11.5 Å². The van der Waals surface area contributed by atoms with Crippen molar-refractivity contribution < 1.29 is 19.1 Å². The first kappa shape index (κ1) is 17.1. The van der Waals surface area contributed by atoms with Gasteiger partial charge in [0.15, 0.2) is 18.1 Å². The van der Waals surface area contributed by atoms with Crippen LogP contribution in [0.5, 0.6) is 11.5 Å². The van der Waals surface area contributed by atoms with E-state index in [1.54, 1.807) is 18.2 Å². The number of benzene rings is 1. The highest BCUT2D eigenvalue weighted by Crippen LogP contribution is 2.31. The van der Waals surface area contributed by atoms with Crippen molar-refractivity contribution in [2.45, 2.75) is 45.2 Å². The molecule has 0 saturated carbocycles. The highest BCUT2D eigenvalue weighted by atomic mass is 16.5. The molecule has 0 aliphatic carbocycles. The summed E-state index contributed by atoms with van der Waals surface area (Å²) in [6.07, 6.45) is 3.12. The minimum atomic E-state index is -0.619. The van der Waals surface area contributed by atoms with Crippen LogP contribution in [0, 0.1) is 0 Å². The molecule has 0 aromatic heterocycles. The van der Waals surface area contributed by atoms with Gasteiger partial charge in [-0.3, -0.25) is 9.59 Å². The number of nitrogens with zero attached hydrogens (tertiary/aromatic N) is 1. The summed E-state index contributed by atoms with van der Waals surface area (Å²) >= 11 is 0. The van der Waals surface area contributed by atoms with E-state index in [-0.39, 0.29) is 35.9 Å². The Morgan fingerprint density at radius 1 is 1.26 bits per heavy atom. The Hall–Kier alpha value is -2.24.